The average Bonchev–Trinajstić information content (AvgIpc) is 3.44. The molecule has 0 aliphatic rings. The molecular formula is C72H56N2. The smallest absolute Gasteiger partial charge is 0.0618 e. The summed E-state index contributed by atoms with van der Waals surface area (Å²) in [6.07, 6.45) is 8.78. The third kappa shape index (κ3) is 8.82. The van der Waals surface area contributed by atoms with Crippen LogP contribution in [0.15, 0.2) is 243 Å². The normalized spacial score (nSPS) is 11.7. The Labute approximate surface area is 435 Å². The summed E-state index contributed by atoms with van der Waals surface area (Å²) in [5.74, 6) is 0. The minimum absolute atomic E-state index is 1.09. The van der Waals surface area contributed by atoms with Crippen LogP contribution in [-0.4, -0.2) is 0 Å². The molecule has 74 heavy (non-hydrogen) atoms. The molecule has 0 unspecified atom stereocenters. The molecule has 12 rings (SSSR count). The third-order valence-corrected chi connectivity index (χ3v) is 14.5. The van der Waals surface area contributed by atoms with E-state index in [-0.39, 0.29) is 0 Å². The Morgan fingerprint density at radius 3 is 0.649 bits per heavy atom. The van der Waals surface area contributed by atoms with E-state index in [1.54, 1.807) is 0 Å². The van der Waals surface area contributed by atoms with Crippen molar-refractivity contribution in [1.29, 1.82) is 0 Å². The summed E-state index contributed by atoms with van der Waals surface area (Å²) < 4.78 is 0. The Balaban J connectivity index is 1.07. The van der Waals surface area contributed by atoms with Crippen LogP contribution >= 0.6 is 0 Å². The van der Waals surface area contributed by atoms with Crippen LogP contribution < -0.4 is 9.80 Å². The van der Waals surface area contributed by atoms with E-state index < -0.39 is 0 Å². The van der Waals surface area contributed by atoms with E-state index in [0.29, 0.717) is 0 Å². The summed E-state index contributed by atoms with van der Waals surface area (Å²) in [5.41, 5.74) is 18.8. The largest absolute Gasteiger partial charge is 0.309 e. The highest BCUT2D eigenvalue weighted by molar-refractivity contribution is 6.30. The van der Waals surface area contributed by atoms with Gasteiger partial charge in [0.25, 0.3) is 0 Å². The fourth-order valence-electron chi connectivity index (χ4n) is 10.6. The second-order valence-corrected chi connectivity index (χ2v) is 19.6. The molecule has 0 spiro atoms. The minimum Gasteiger partial charge on any atom is -0.309 e. The lowest BCUT2D eigenvalue weighted by Crippen LogP contribution is -2.12. The lowest BCUT2D eigenvalue weighted by Gasteiger charge is -2.31. The van der Waals surface area contributed by atoms with Crippen molar-refractivity contribution in [1.82, 2.24) is 0 Å². The Kier molecular flexibility index (Phi) is 12.2. The molecule has 0 N–H and O–H groups in total. The number of nitrogens with zero attached hydrogens (tertiary/aromatic N) is 2. The average molecular weight is 949 g/mol. The molecule has 354 valence electrons. The molecule has 2 heteroatoms. The van der Waals surface area contributed by atoms with Crippen molar-refractivity contribution in [2.45, 2.75) is 27.7 Å². The van der Waals surface area contributed by atoms with Crippen LogP contribution in [0.3, 0.4) is 0 Å². The van der Waals surface area contributed by atoms with Gasteiger partial charge in [-0.25, -0.2) is 0 Å². The van der Waals surface area contributed by atoms with Gasteiger partial charge in [-0.3, -0.25) is 0 Å². The number of fused-ring (bicyclic) bond motifs is 4. The predicted octanol–water partition coefficient (Wildman–Crippen LogP) is 20.5. The minimum atomic E-state index is 1.09. The summed E-state index contributed by atoms with van der Waals surface area (Å²) in [7, 11) is 0. The molecule has 0 aliphatic heterocycles. The molecule has 0 fully saturated rings. The van der Waals surface area contributed by atoms with Crippen molar-refractivity contribution in [3.05, 3.63) is 287 Å². The summed E-state index contributed by atoms with van der Waals surface area (Å²) in [6, 6.07) is 89.4. The van der Waals surface area contributed by atoms with E-state index >= 15 is 0 Å². The van der Waals surface area contributed by atoms with E-state index in [0.717, 1.165) is 45.3 Å². The van der Waals surface area contributed by atoms with Crippen LogP contribution in [-0.2, 0) is 0 Å². The highest BCUT2D eigenvalue weighted by Crippen LogP contribution is 2.53. The van der Waals surface area contributed by atoms with Gasteiger partial charge in [-0.05, 0) is 131 Å². The van der Waals surface area contributed by atoms with E-state index in [1.165, 1.54) is 87.6 Å². The topological polar surface area (TPSA) is 6.48 Å². The van der Waals surface area contributed by atoms with E-state index in [9.17, 15) is 0 Å². The summed E-state index contributed by atoms with van der Waals surface area (Å²) >= 11 is 0. The predicted molar refractivity (Wildman–Crippen MR) is 321 cm³/mol. The third-order valence-electron chi connectivity index (χ3n) is 14.5. The maximum Gasteiger partial charge on any atom is 0.0618 e. The van der Waals surface area contributed by atoms with Crippen molar-refractivity contribution >= 4 is 102 Å². The van der Waals surface area contributed by atoms with Crippen molar-refractivity contribution in [3.8, 4) is 11.1 Å². The number of benzene rings is 12. The van der Waals surface area contributed by atoms with Crippen LogP contribution in [0.1, 0.15) is 44.5 Å². The number of anilines is 6. The SMILES string of the molecule is Cc1ccc(/C=C/c2ccc(N(c3ccc(C)cc3)c3c4ccccc4c(-c4c5ccccc5c(N(c5ccc(C)cc5)c5ccc(/C=C/c6ccc(C)cc6)cc5)c5ccccc45)c4ccccc34)cc2)cc1. The second kappa shape index (κ2) is 19.8. The summed E-state index contributed by atoms with van der Waals surface area (Å²) in [5, 5.41) is 9.51. The molecule has 0 saturated heterocycles. The maximum atomic E-state index is 2.46. The Bertz CT molecular complexity index is 3670. The van der Waals surface area contributed by atoms with Gasteiger partial charge >= 0.3 is 0 Å². The van der Waals surface area contributed by atoms with Gasteiger partial charge in [0.1, 0.15) is 0 Å². The quantitative estimate of drug-likeness (QED) is 0.0942. The summed E-state index contributed by atoms with van der Waals surface area (Å²) in [4.78, 5) is 4.92. The number of hydrogen-bond donors (Lipinski definition) is 0. The number of aryl methyl sites for hydroxylation is 4. The molecule has 0 saturated carbocycles. The van der Waals surface area contributed by atoms with E-state index in [4.69, 9.17) is 0 Å². The Morgan fingerprint density at radius 2 is 0.405 bits per heavy atom. The van der Waals surface area contributed by atoms with Crippen molar-refractivity contribution in [2.75, 3.05) is 9.80 Å². The number of hydrogen-bond acceptors (Lipinski definition) is 2. The Hall–Kier alpha value is -9.24. The van der Waals surface area contributed by atoms with E-state index in [1.807, 2.05) is 0 Å². The standard InChI is InChI=1S/C72H56N2/c1-49-21-29-53(30-22-49)33-35-55-37-45-59(46-38-55)73(57-41-25-51(3)26-42-57)71-65-17-9-5-13-61(65)69(62-14-6-10-18-66(62)71)70-63-15-7-11-19-67(63)72(68-20-12-8-16-64(68)70)74(58-43-27-52(4)28-44-58)60-47-39-56(40-48-60)36-34-54-31-23-50(2)24-32-54/h5-48H,1-4H3/b35-33+,36-34+. The molecule has 0 radical (unpaired) electrons. The van der Waals surface area contributed by atoms with Crippen LogP contribution in [0.5, 0.6) is 0 Å². The van der Waals surface area contributed by atoms with Crippen LogP contribution in [0.25, 0.3) is 78.5 Å². The molecule has 0 aromatic heterocycles. The van der Waals surface area contributed by atoms with Crippen LogP contribution in [0.2, 0.25) is 0 Å². The molecule has 0 heterocycles. The first-order valence-electron chi connectivity index (χ1n) is 25.7. The first-order valence-corrected chi connectivity index (χ1v) is 25.7. The van der Waals surface area contributed by atoms with Gasteiger partial charge < -0.3 is 9.80 Å². The van der Waals surface area contributed by atoms with Gasteiger partial charge in [-0.1, -0.05) is 241 Å². The van der Waals surface area contributed by atoms with Crippen molar-refractivity contribution in [3.63, 3.8) is 0 Å². The van der Waals surface area contributed by atoms with Crippen LogP contribution in [0.4, 0.5) is 34.1 Å². The van der Waals surface area contributed by atoms with Crippen molar-refractivity contribution in [2.24, 2.45) is 0 Å². The molecule has 12 aromatic rings. The molecule has 2 nitrogen and oxygen atoms in total. The number of rotatable bonds is 11. The van der Waals surface area contributed by atoms with Gasteiger partial charge in [-0.2, -0.15) is 0 Å². The maximum absolute atomic E-state index is 2.46. The van der Waals surface area contributed by atoms with Gasteiger partial charge in [0.15, 0.2) is 0 Å². The fourth-order valence-corrected chi connectivity index (χ4v) is 10.6. The van der Waals surface area contributed by atoms with Gasteiger partial charge in [0, 0.05) is 44.3 Å². The van der Waals surface area contributed by atoms with E-state index in [2.05, 4.69) is 304 Å². The van der Waals surface area contributed by atoms with Gasteiger partial charge in [-0.15, -0.1) is 0 Å². The molecule has 0 aliphatic carbocycles. The van der Waals surface area contributed by atoms with Gasteiger partial charge in [0.2, 0.25) is 0 Å². The van der Waals surface area contributed by atoms with Crippen molar-refractivity contribution < 1.29 is 0 Å². The Morgan fingerprint density at radius 1 is 0.216 bits per heavy atom. The lowest BCUT2D eigenvalue weighted by molar-refractivity contribution is 1.30. The summed E-state index contributed by atoms with van der Waals surface area (Å²) in [6.45, 7) is 8.57. The lowest BCUT2D eigenvalue weighted by atomic mass is 9.84. The second-order valence-electron chi connectivity index (χ2n) is 19.6. The monoisotopic (exact) mass is 948 g/mol. The first-order chi connectivity index (χ1) is 36.3. The van der Waals surface area contributed by atoms with Gasteiger partial charge in [0.05, 0.1) is 11.4 Å². The molecule has 12 aromatic carbocycles. The zero-order valence-corrected chi connectivity index (χ0v) is 42.3. The highest BCUT2D eigenvalue weighted by atomic mass is 15.2. The highest BCUT2D eigenvalue weighted by Gasteiger charge is 2.27. The zero-order valence-electron chi connectivity index (χ0n) is 42.3. The molecular weight excluding hydrogens is 893 g/mol. The molecule has 0 bridgehead atoms. The molecule has 0 amide bonds. The van der Waals surface area contributed by atoms with Crippen LogP contribution in [0, 0.1) is 27.7 Å². The first kappa shape index (κ1) is 45.9. The fraction of sp³-hybridized carbons (Fsp3) is 0.0556. The molecule has 0 atom stereocenters. The zero-order chi connectivity index (χ0) is 50.1.